The number of aliphatic hydroxyl groups excluding tert-OH is 1. The Morgan fingerprint density at radius 2 is 1.52 bits per heavy atom. The number of carbonyl (C=O) groups is 1. The molecule has 0 bridgehead atoms. The molecule has 1 aliphatic heterocycles. The SMILES string of the molecule is C=C(C)[C@@H]1CC[C@]2(C(=O)N3CCN(CC)CC3)CC[C@]3(C)[C@H](CC[C@@H]4[C@@]5(C)CCC(O)C(C)(C)[C@@H]5CC[C@]43C)[C@@H]12. The van der Waals surface area contributed by atoms with Gasteiger partial charge in [0.05, 0.1) is 11.5 Å². The van der Waals surface area contributed by atoms with Gasteiger partial charge in [0.2, 0.25) is 5.91 Å². The number of aliphatic hydroxyl groups is 1. The Kier molecular flexibility index (Phi) is 6.99. The van der Waals surface area contributed by atoms with E-state index in [9.17, 15) is 9.90 Å². The smallest absolute Gasteiger partial charge is 0.229 e. The highest BCUT2D eigenvalue weighted by Gasteiger charge is 2.72. The van der Waals surface area contributed by atoms with Crippen LogP contribution in [0, 0.1) is 56.7 Å². The summed E-state index contributed by atoms with van der Waals surface area (Å²) in [7, 11) is 0. The van der Waals surface area contributed by atoms with Crippen LogP contribution in [0.2, 0.25) is 0 Å². The van der Waals surface area contributed by atoms with Crippen LogP contribution in [-0.4, -0.2) is 59.6 Å². The third-order valence-corrected chi connectivity index (χ3v) is 15.6. The molecule has 5 saturated carbocycles. The van der Waals surface area contributed by atoms with E-state index in [0.29, 0.717) is 46.3 Å². The molecular formula is C36H60N2O2. The predicted octanol–water partition coefficient (Wildman–Crippen LogP) is 7.17. The molecule has 0 aromatic carbocycles. The molecule has 1 N–H and O–H groups in total. The summed E-state index contributed by atoms with van der Waals surface area (Å²) in [6.45, 7) is 26.7. The highest BCUT2D eigenvalue weighted by Crippen LogP contribution is 2.77. The quantitative estimate of drug-likeness (QED) is 0.378. The van der Waals surface area contributed by atoms with E-state index >= 15 is 0 Å². The number of carbonyl (C=O) groups excluding carboxylic acids is 1. The summed E-state index contributed by atoms with van der Waals surface area (Å²) in [5.74, 6) is 3.36. The summed E-state index contributed by atoms with van der Waals surface area (Å²) in [4.78, 5) is 19.4. The van der Waals surface area contributed by atoms with Crippen LogP contribution < -0.4 is 0 Å². The monoisotopic (exact) mass is 552 g/mol. The van der Waals surface area contributed by atoms with E-state index in [0.717, 1.165) is 58.4 Å². The van der Waals surface area contributed by atoms with Crippen molar-refractivity contribution in [2.24, 2.45) is 56.7 Å². The Morgan fingerprint density at radius 1 is 0.825 bits per heavy atom. The summed E-state index contributed by atoms with van der Waals surface area (Å²) in [6, 6.07) is 0. The molecule has 226 valence electrons. The van der Waals surface area contributed by atoms with Crippen LogP contribution in [0.3, 0.4) is 0 Å². The number of amides is 1. The molecule has 0 aromatic rings. The van der Waals surface area contributed by atoms with Gasteiger partial charge in [0.1, 0.15) is 0 Å². The lowest BCUT2D eigenvalue weighted by atomic mass is 9.32. The van der Waals surface area contributed by atoms with Crippen LogP contribution >= 0.6 is 0 Å². The minimum Gasteiger partial charge on any atom is -0.393 e. The van der Waals surface area contributed by atoms with E-state index in [2.05, 4.69) is 64.8 Å². The fourth-order valence-electron chi connectivity index (χ4n) is 13.1. The maximum atomic E-state index is 14.7. The minimum atomic E-state index is -0.177. The van der Waals surface area contributed by atoms with Gasteiger partial charge in [-0.1, -0.05) is 53.7 Å². The lowest BCUT2D eigenvalue weighted by Gasteiger charge is -2.73. The molecule has 0 radical (unpaired) electrons. The van der Waals surface area contributed by atoms with Crippen molar-refractivity contribution >= 4 is 5.91 Å². The molecule has 0 aromatic heterocycles. The first-order valence-corrected chi connectivity index (χ1v) is 17.1. The third-order valence-electron chi connectivity index (χ3n) is 15.6. The van der Waals surface area contributed by atoms with Gasteiger partial charge >= 0.3 is 0 Å². The second-order valence-corrected chi connectivity index (χ2v) is 16.9. The molecule has 6 fully saturated rings. The van der Waals surface area contributed by atoms with Gasteiger partial charge in [0.25, 0.3) is 0 Å². The van der Waals surface area contributed by atoms with E-state index in [1.807, 2.05) is 0 Å². The van der Waals surface area contributed by atoms with Crippen LogP contribution in [-0.2, 0) is 4.79 Å². The number of nitrogens with zero attached hydrogens (tertiary/aromatic N) is 2. The predicted molar refractivity (Wildman–Crippen MR) is 164 cm³/mol. The Labute approximate surface area is 245 Å². The number of rotatable bonds is 3. The van der Waals surface area contributed by atoms with Crippen molar-refractivity contribution in [1.29, 1.82) is 0 Å². The van der Waals surface area contributed by atoms with Crippen LogP contribution in [0.1, 0.15) is 113 Å². The van der Waals surface area contributed by atoms with Crippen LogP contribution in [0.5, 0.6) is 0 Å². The van der Waals surface area contributed by atoms with Gasteiger partial charge in [-0.3, -0.25) is 4.79 Å². The fourth-order valence-corrected chi connectivity index (χ4v) is 13.1. The Hall–Kier alpha value is -0.870. The van der Waals surface area contributed by atoms with Gasteiger partial charge in [0.15, 0.2) is 0 Å². The maximum Gasteiger partial charge on any atom is 0.229 e. The Bertz CT molecular complexity index is 1030. The first-order valence-electron chi connectivity index (χ1n) is 17.1. The summed E-state index contributed by atoms with van der Waals surface area (Å²) in [5, 5.41) is 11.0. The molecule has 1 saturated heterocycles. The van der Waals surface area contributed by atoms with Crippen molar-refractivity contribution < 1.29 is 9.90 Å². The minimum absolute atomic E-state index is 0.00147. The normalized spacial score (nSPS) is 50.4. The second-order valence-electron chi connectivity index (χ2n) is 16.9. The molecule has 5 aliphatic carbocycles. The second kappa shape index (κ2) is 9.57. The van der Waals surface area contributed by atoms with Gasteiger partial charge in [-0.25, -0.2) is 0 Å². The van der Waals surface area contributed by atoms with Gasteiger partial charge < -0.3 is 14.9 Å². The molecule has 4 nitrogen and oxygen atoms in total. The maximum absolute atomic E-state index is 14.7. The summed E-state index contributed by atoms with van der Waals surface area (Å²) >= 11 is 0. The number of likely N-dealkylation sites (N-methyl/N-ethyl adjacent to an activating group) is 1. The molecule has 1 unspecified atom stereocenters. The lowest BCUT2D eigenvalue weighted by molar-refractivity contribution is -0.247. The largest absolute Gasteiger partial charge is 0.393 e. The molecule has 1 heterocycles. The van der Waals surface area contributed by atoms with Gasteiger partial charge in [-0.15, -0.1) is 0 Å². The zero-order chi connectivity index (χ0) is 28.9. The van der Waals surface area contributed by atoms with Crippen molar-refractivity contribution in [3.8, 4) is 0 Å². The first kappa shape index (κ1) is 29.2. The standard InChI is InChI=1S/C36H60N2O2/c1-9-37-20-22-38(23-21-37)31(40)36-17-12-25(24(2)3)30(36)26-10-11-28-33(6)15-14-29(39)32(4,5)27(33)13-16-35(28,8)34(26,7)18-19-36/h25-30,39H,2,9-23H2,1,3-8H3/t25-,26+,27-,28+,29?,30+,33-,34+,35+,36-/m0/s1. The number of hydrogen-bond acceptors (Lipinski definition) is 3. The molecule has 6 rings (SSSR count). The van der Waals surface area contributed by atoms with Crippen molar-refractivity contribution in [3.63, 3.8) is 0 Å². The summed E-state index contributed by atoms with van der Waals surface area (Å²) in [6.07, 6.45) is 11.6. The lowest BCUT2D eigenvalue weighted by Crippen LogP contribution is -2.67. The van der Waals surface area contributed by atoms with E-state index in [-0.39, 0.29) is 22.3 Å². The molecule has 0 spiro atoms. The first-order chi connectivity index (χ1) is 18.8. The zero-order valence-corrected chi connectivity index (χ0v) is 27.0. The van der Waals surface area contributed by atoms with E-state index in [4.69, 9.17) is 0 Å². The number of hydrogen-bond donors (Lipinski definition) is 1. The average molecular weight is 553 g/mol. The Balaban J connectivity index is 1.35. The van der Waals surface area contributed by atoms with Crippen LogP contribution in [0.25, 0.3) is 0 Å². The van der Waals surface area contributed by atoms with Gasteiger partial charge in [-0.05, 0) is 129 Å². The Morgan fingerprint density at radius 3 is 2.17 bits per heavy atom. The molecule has 10 atom stereocenters. The van der Waals surface area contributed by atoms with Crippen molar-refractivity contribution in [2.75, 3.05) is 32.7 Å². The summed E-state index contributed by atoms with van der Waals surface area (Å²) < 4.78 is 0. The van der Waals surface area contributed by atoms with Gasteiger partial charge in [-0.2, -0.15) is 0 Å². The van der Waals surface area contributed by atoms with E-state index in [1.165, 1.54) is 44.1 Å². The molecule has 40 heavy (non-hydrogen) atoms. The van der Waals surface area contributed by atoms with E-state index < -0.39 is 0 Å². The summed E-state index contributed by atoms with van der Waals surface area (Å²) in [5.41, 5.74) is 2.00. The van der Waals surface area contributed by atoms with Crippen LogP contribution in [0.15, 0.2) is 12.2 Å². The van der Waals surface area contributed by atoms with Crippen molar-refractivity contribution in [2.45, 2.75) is 119 Å². The van der Waals surface area contributed by atoms with Crippen molar-refractivity contribution in [3.05, 3.63) is 12.2 Å². The molecule has 4 heteroatoms. The fraction of sp³-hybridized carbons (Fsp3) is 0.917. The zero-order valence-electron chi connectivity index (χ0n) is 27.0. The number of piperazine rings is 1. The highest BCUT2D eigenvalue weighted by atomic mass is 16.3. The van der Waals surface area contributed by atoms with Gasteiger partial charge in [0, 0.05) is 26.2 Å². The highest BCUT2D eigenvalue weighted by molar-refractivity contribution is 5.84. The number of allylic oxidation sites excluding steroid dienone is 1. The molecule has 6 aliphatic rings. The third kappa shape index (κ3) is 3.72. The molecule has 1 amide bonds. The van der Waals surface area contributed by atoms with Crippen LogP contribution in [0.4, 0.5) is 0 Å². The molecular weight excluding hydrogens is 492 g/mol. The van der Waals surface area contributed by atoms with E-state index in [1.54, 1.807) is 0 Å². The van der Waals surface area contributed by atoms with Crippen molar-refractivity contribution in [1.82, 2.24) is 9.80 Å². The average Bonchev–Trinajstić information content (AvgIpc) is 3.32. The topological polar surface area (TPSA) is 43.8 Å². The number of fused-ring (bicyclic) bond motifs is 7.